The number of unbranched alkanes of at least 4 members (excludes halogenated alkanes) is 9. The van der Waals surface area contributed by atoms with E-state index >= 15 is 0 Å². The standard InChI is InChI=1S/C33H47N3O3/c1-3-5-7-9-11-13-23-38-30-24-35-31(36-25-30)27-14-16-28(17-15-27)32(37)39-29-18-21-33(26-34,22-19-29)20-12-10-8-6-4-2/h14-17,24-25,29H,3-13,18-23H2,1-2H3. The highest BCUT2D eigenvalue weighted by Crippen LogP contribution is 2.41. The number of aromatic nitrogens is 2. The van der Waals surface area contributed by atoms with E-state index in [9.17, 15) is 10.1 Å². The number of nitrogens with zero attached hydrogens (tertiary/aromatic N) is 3. The lowest BCUT2D eigenvalue weighted by Gasteiger charge is -2.34. The van der Waals surface area contributed by atoms with Crippen LogP contribution in [0.15, 0.2) is 36.7 Å². The Hall–Kier alpha value is -2.94. The van der Waals surface area contributed by atoms with Gasteiger partial charge in [-0.25, -0.2) is 14.8 Å². The van der Waals surface area contributed by atoms with Gasteiger partial charge in [-0.15, -0.1) is 0 Å². The molecule has 1 aromatic heterocycles. The van der Waals surface area contributed by atoms with Gasteiger partial charge in [0.05, 0.1) is 36.0 Å². The van der Waals surface area contributed by atoms with Crippen molar-refractivity contribution in [2.24, 2.45) is 5.41 Å². The molecule has 6 nitrogen and oxygen atoms in total. The van der Waals surface area contributed by atoms with Crippen LogP contribution >= 0.6 is 0 Å². The third kappa shape index (κ3) is 10.3. The fraction of sp³-hybridized carbons (Fsp3) is 0.636. The average Bonchev–Trinajstić information content (AvgIpc) is 2.98. The van der Waals surface area contributed by atoms with E-state index in [2.05, 4.69) is 29.9 Å². The Bertz CT molecular complexity index is 1010. The van der Waals surface area contributed by atoms with Crippen LogP contribution in [0.2, 0.25) is 0 Å². The summed E-state index contributed by atoms with van der Waals surface area (Å²) in [6.45, 7) is 5.13. The molecule has 1 fully saturated rings. The molecule has 1 aliphatic carbocycles. The normalized spacial score (nSPS) is 18.8. The summed E-state index contributed by atoms with van der Waals surface area (Å²) < 4.78 is 11.6. The molecule has 3 rings (SSSR count). The molecule has 0 atom stereocenters. The fourth-order valence-corrected chi connectivity index (χ4v) is 5.33. The Balaban J connectivity index is 1.41. The van der Waals surface area contributed by atoms with Gasteiger partial charge in [0, 0.05) is 5.56 Å². The van der Waals surface area contributed by atoms with E-state index in [1.807, 2.05) is 12.1 Å². The van der Waals surface area contributed by atoms with Crippen molar-refractivity contribution in [2.45, 2.75) is 123 Å². The molecule has 0 radical (unpaired) electrons. The molecule has 0 unspecified atom stereocenters. The molecular formula is C33H47N3O3. The van der Waals surface area contributed by atoms with Crippen LogP contribution in [0.3, 0.4) is 0 Å². The Morgan fingerprint density at radius 2 is 1.49 bits per heavy atom. The Kier molecular flexibility index (Phi) is 13.3. The first-order valence-corrected chi connectivity index (χ1v) is 15.3. The molecule has 1 aromatic carbocycles. The summed E-state index contributed by atoms with van der Waals surface area (Å²) in [6.07, 6.45) is 20.8. The van der Waals surface area contributed by atoms with Gasteiger partial charge in [0.25, 0.3) is 0 Å². The number of carbonyl (C=O) groups is 1. The highest BCUT2D eigenvalue weighted by atomic mass is 16.5. The van der Waals surface area contributed by atoms with Crippen molar-refractivity contribution in [1.29, 1.82) is 5.26 Å². The summed E-state index contributed by atoms with van der Waals surface area (Å²) in [5.74, 6) is 0.962. The van der Waals surface area contributed by atoms with Gasteiger partial charge in [-0.2, -0.15) is 5.26 Å². The molecule has 0 bridgehead atoms. The van der Waals surface area contributed by atoms with Gasteiger partial charge in [-0.3, -0.25) is 0 Å². The fourth-order valence-electron chi connectivity index (χ4n) is 5.33. The van der Waals surface area contributed by atoms with Gasteiger partial charge in [0.2, 0.25) is 0 Å². The smallest absolute Gasteiger partial charge is 0.338 e. The SMILES string of the molecule is CCCCCCCCOc1cnc(-c2ccc(C(=O)OC3CCC(C#N)(CCCCCCC)CC3)cc2)nc1. The van der Waals surface area contributed by atoms with E-state index in [1.165, 1.54) is 57.8 Å². The predicted octanol–water partition coefficient (Wildman–Crippen LogP) is 8.85. The minimum Gasteiger partial charge on any atom is -0.490 e. The number of rotatable bonds is 17. The van der Waals surface area contributed by atoms with Crippen molar-refractivity contribution in [1.82, 2.24) is 9.97 Å². The third-order valence-corrected chi connectivity index (χ3v) is 7.93. The maximum atomic E-state index is 12.8. The molecule has 0 saturated heterocycles. The number of esters is 1. The molecule has 6 heteroatoms. The van der Waals surface area contributed by atoms with Gasteiger partial charge < -0.3 is 9.47 Å². The first-order valence-electron chi connectivity index (χ1n) is 15.3. The zero-order valence-electron chi connectivity index (χ0n) is 24.1. The molecule has 0 spiro atoms. The van der Waals surface area contributed by atoms with Crippen LogP contribution in [-0.4, -0.2) is 28.6 Å². The van der Waals surface area contributed by atoms with Gasteiger partial charge >= 0.3 is 5.97 Å². The molecular weight excluding hydrogens is 486 g/mol. The minimum atomic E-state index is -0.310. The van der Waals surface area contributed by atoms with Crippen LogP contribution in [0, 0.1) is 16.7 Å². The number of nitriles is 1. The van der Waals surface area contributed by atoms with Crippen molar-refractivity contribution < 1.29 is 14.3 Å². The Morgan fingerprint density at radius 1 is 0.897 bits per heavy atom. The molecule has 1 aliphatic rings. The van der Waals surface area contributed by atoms with Crippen molar-refractivity contribution in [3.63, 3.8) is 0 Å². The van der Waals surface area contributed by atoms with Crippen LogP contribution in [-0.2, 0) is 4.74 Å². The minimum absolute atomic E-state index is 0.119. The molecule has 212 valence electrons. The second-order valence-electron chi connectivity index (χ2n) is 11.1. The van der Waals surface area contributed by atoms with Gasteiger partial charge in [0.15, 0.2) is 11.6 Å². The maximum absolute atomic E-state index is 12.8. The average molecular weight is 534 g/mol. The lowest BCUT2D eigenvalue weighted by atomic mass is 9.71. The van der Waals surface area contributed by atoms with E-state index in [0.717, 1.165) is 50.5 Å². The van der Waals surface area contributed by atoms with Crippen LogP contribution in [0.25, 0.3) is 11.4 Å². The molecule has 2 aromatic rings. The first-order chi connectivity index (χ1) is 19.1. The lowest BCUT2D eigenvalue weighted by molar-refractivity contribution is 0.0105. The maximum Gasteiger partial charge on any atom is 0.338 e. The second-order valence-corrected chi connectivity index (χ2v) is 11.1. The van der Waals surface area contributed by atoms with E-state index in [4.69, 9.17) is 9.47 Å². The third-order valence-electron chi connectivity index (χ3n) is 7.93. The number of carbonyl (C=O) groups excluding carboxylic acids is 1. The zero-order valence-corrected chi connectivity index (χ0v) is 24.1. The number of ether oxygens (including phenoxy) is 2. The topological polar surface area (TPSA) is 85.1 Å². The van der Waals surface area contributed by atoms with Crippen LogP contribution in [0.4, 0.5) is 0 Å². The summed E-state index contributed by atoms with van der Waals surface area (Å²) in [5, 5.41) is 9.83. The van der Waals surface area contributed by atoms with Gasteiger partial charge in [0.1, 0.15) is 6.10 Å². The predicted molar refractivity (Wildman–Crippen MR) is 155 cm³/mol. The van der Waals surface area contributed by atoms with Gasteiger partial charge in [-0.05, 0) is 50.7 Å². The summed E-state index contributed by atoms with van der Waals surface area (Å²) in [7, 11) is 0. The van der Waals surface area contributed by atoms with Crippen molar-refractivity contribution in [2.75, 3.05) is 6.61 Å². The van der Waals surface area contributed by atoms with E-state index in [0.29, 0.717) is 23.7 Å². The van der Waals surface area contributed by atoms with Crippen LogP contribution in [0.1, 0.15) is 127 Å². The monoisotopic (exact) mass is 533 g/mol. The lowest BCUT2D eigenvalue weighted by Crippen LogP contribution is -2.31. The first kappa shape index (κ1) is 30.6. The largest absolute Gasteiger partial charge is 0.490 e. The molecule has 1 saturated carbocycles. The Morgan fingerprint density at radius 3 is 2.10 bits per heavy atom. The second kappa shape index (κ2) is 16.9. The quantitative estimate of drug-likeness (QED) is 0.149. The summed E-state index contributed by atoms with van der Waals surface area (Å²) in [6, 6.07) is 9.83. The van der Waals surface area contributed by atoms with Crippen molar-refractivity contribution in [3.05, 3.63) is 42.2 Å². The van der Waals surface area contributed by atoms with Crippen LogP contribution in [0.5, 0.6) is 5.75 Å². The van der Waals surface area contributed by atoms with Crippen molar-refractivity contribution >= 4 is 5.97 Å². The summed E-state index contributed by atoms with van der Waals surface area (Å²) in [5.41, 5.74) is 1.11. The molecule has 1 heterocycles. The highest BCUT2D eigenvalue weighted by Gasteiger charge is 2.36. The van der Waals surface area contributed by atoms with E-state index in [-0.39, 0.29) is 17.5 Å². The summed E-state index contributed by atoms with van der Waals surface area (Å²) >= 11 is 0. The molecule has 0 aliphatic heterocycles. The van der Waals surface area contributed by atoms with Crippen molar-refractivity contribution in [3.8, 4) is 23.2 Å². The molecule has 0 N–H and O–H groups in total. The Labute approximate surface area is 235 Å². The molecule has 39 heavy (non-hydrogen) atoms. The summed E-state index contributed by atoms with van der Waals surface area (Å²) in [4.78, 5) is 21.6. The van der Waals surface area contributed by atoms with E-state index < -0.39 is 0 Å². The van der Waals surface area contributed by atoms with E-state index in [1.54, 1.807) is 24.5 Å². The van der Waals surface area contributed by atoms with Gasteiger partial charge in [-0.1, -0.05) is 90.2 Å². The number of benzene rings is 1. The number of hydrogen-bond donors (Lipinski definition) is 0. The zero-order chi connectivity index (χ0) is 27.8. The number of hydrogen-bond acceptors (Lipinski definition) is 6. The van der Waals surface area contributed by atoms with Crippen LogP contribution < -0.4 is 4.74 Å². The highest BCUT2D eigenvalue weighted by molar-refractivity contribution is 5.90. The molecule has 0 amide bonds.